The molecule has 0 radical (unpaired) electrons. The summed E-state index contributed by atoms with van der Waals surface area (Å²) < 4.78 is 7.22. The SMILES string of the molecule is COc1cccc(-n2ccnc2SC(C)C(=O)NCc2ccccc2Cl)c1. The van der Waals surface area contributed by atoms with Crippen LogP contribution in [0.1, 0.15) is 12.5 Å². The lowest BCUT2D eigenvalue weighted by Crippen LogP contribution is -2.30. The van der Waals surface area contributed by atoms with Gasteiger partial charge in [0.2, 0.25) is 5.91 Å². The summed E-state index contributed by atoms with van der Waals surface area (Å²) in [7, 11) is 1.63. The third-order valence-electron chi connectivity index (χ3n) is 4.00. The quantitative estimate of drug-likeness (QED) is 0.598. The largest absolute Gasteiger partial charge is 0.497 e. The van der Waals surface area contributed by atoms with Crippen LogP contribution in [-0.4, -0.2) is 27.8 Å². The van der Waals surface area contributed by atoms with Crippen molar-refractivity contribution in [2.24, 2.45) is 0 Å². The first kappa shape index (κ1) is 19.3. The van der Waals surface area contributed by atoms with E-state index in [-0.39, 0.29) is 11.2 Å². The molecule has 3 rings (SSSR count). The Morgan fingerprint density at radius 1 is 1.30 bits per heavy atom. The van der Waals surface area contributed by atoms with Crippen LogP contribution in [0.3, 0.4) is 0 Å². The molecule has 27 heavy (non-hydrogen) atoms. The molecule has 0 fully saturated rings. The Morgan fingerprint density at radius 2 is 2.11 bits per heavy atom. The fourth-order valence-electron chi connectivity index (χ4n) is 2.51. The standard InChI is InChI=1S/C20H20ClN3O2S/c1-14(19(25)23-13-15-6-3-4-9-18(15)21)27-20-22-10-11-24(20)16-7-5-8-17(12-16)26-2/h3-12,14H,13H2,1-2H3,(H,23,25). The van der Waals surface area contributed by atoms with Crippen LogP contribution in [0, 0.1) is 0 Å². The second-order valence-electron chi connectivity index (χ2n) is 5.85. The molecule has 0 spiro atoms. The highest BCUT2D eigenvalue weighted by atomic mass is 35.5. The summed E-state index contributed by atoms with van der Waals surface area (Å²) in [4.78, 5) is 16.9. The summed E-state index contributed by atoms with van der Waals surface area (Å²) >= 11 is 7.53. The molecule has 3 aromatic rings. The Kier molecular flexibility index (Phi) is 6.42. The van der Waals surface area contributed by atoms with Gasteiger partial charge in [0.15, 0.2) is 5.16 Å². The number of rotatable bonds is 7. The first-order valence-corrected chi connectivity index (χ1v) is 9.70. The van der Waals surface area contributed by atoms with Gasteiger partial charge in [-0.2, -0.15) is 0 Å². The highest BCUT2D eigenvalue weighted by molar-refractivity contribution is 8.00. The van der Waals surface area contributed by atoms with E-state index in [1.54, 1.807) is 13.3 Å². The minimum Gasteiger partial charge on any atom is -0.497 e. The molecular formula is C20H20ClN3O2S. The van der Waals surface area contributed by atoms with Crippen LogP contribution < -0.4 is 10.1 Å². The molecule has 1 unspecified atom stereocenters. The van der Waals surface area contributed by atoms with Crippen molar-refractivity contribution in [1.82, 2.24) is 14.9 Å². The van der Waals surface area contributed by atoms with E-state index in [2.05, 4.69) is 10.3 Å². The number of aromatic nitrogens is 2. The Balaban J connectivity index is 1.66. The van der Waals surface area contributed by atoms with Crippen molar-refractivity contribution >= 4 is 29.3 Å². The molecule has 2 aromatic carbocycles. The van der Waals surface area contributed by atoms with E-state index >= 15 is 0 Å². The number of benzene rings is 2. The average Bonchev–Trinajstić information content (AvgIpc) is 3.15. The van der Waals surface area contributed by atoms with E-state index in [9.17, 15) is 4.79 Å². The monoisotopic (exact) mass is 401 g/mol. The zero-order valence-electron chi connectivity index (χ0n) is 15.1. The van der Waals surface area contributed by atoms with Gasteiger partial charge in [0, 0.05) is 30.0 Å². The van der Waals surface area contributed by atoms with Crippen LogP contribution in [0.5, 0.6) is 5.75 Å². The number of carbonyl (C=O) groups excluding carboxylic acids is 1. The van der Waals surface area contributed by atoms with Gasteiger partial charge in [-0.1, -0.05) is 47.6 Å². The van der Waals surface area contributed by atoms with Gasteiger partial charge in [0.1, 0.15) is 5.75 Å². The molecule has 0 aliphatic rings. The summed E-state index contributed by atoms with van der Waals surface area (Å²) in [6.45, 7) is 2.25. The fraction of sp³-hybridized carbons (Fsp3) is 0.200. The predicted molar refractivity (Wildman–Crippen MR) is 109 cm³/mol. The maximum Gasteiger partial charge on any atom is 0.233 e. The van der Waals surface area contributed by atoms with E-state index in [1.165, 1.54) is 11.8 Å². The van der Waals surface area contributed by atoms with Gasteiger partial charge in [-0.05, 0) is 30.7 Å². The number of hydrogen-bond donors (Lipinski definition) is 1. The molecule has 1 amide bonds. The smallest absolute Gasteiger partial charge is 0.233 e. The molecule has 0 aliphatic heterocycles. The van der Waals surface area contributed by atoms with Crippen molar-refractivity contribution in [1.29, 1.82) is 0 Å². The molecule has 140 valence electrons. The topological polar surface area (TPSA) is 56.2 Å². The zero-order valence-corrected chi connectivity index (χ0v) is 16.6. The normalized spacial score (nSPS) is 11.8. The Morgan fingerprint density at radius 3 is 2.89 bits per heavy atom. The first-order valence-electron chi connectivity index (χ1n) is 8.44. The van der Waals surface area contributed by atoms with Crippen LogP contribution in [0.15, 0.2) is 66.1 Å². The lowest BCUT2D eigenvalue weighted by atomic mass is 10.2. The molecular weight excluding hydrogens is 382 g/mol. The van der Waals surface area contributed by atoms with E-state index in [0.29, 0.717) is 11.6 Å². The number of halogens is 1. The Bertz CT molecular complexity index is 929. The number of thioether (sulfide) groups is 1. The summed E-state index contributed by atoms with van der Waals surface area (Å²) in [5.41, 5.74) is 1.82. The molecule has 0 saturated carbocycles. The molecule has 0 saturated heterocycles. The highest BCUT2D eigenvalue weighted by Gasteiger charge is 2.18. The zero-order chi connectivity index (χ0) is 19.2. The number of methoxy groups -OCH3 is 1. The summed E-state index contributed by atoms with van der Waals surface area (Å²) in [6, 6.07) is 15.2. The van der Waals surface area contributed by atoms with Crippen LogP contribution in [-0.2, 0) is 11.3 Å². The average molecular weight is 402 g/mol. The van der Waals surface area contributed by atoms with Crippen molar-refractivity contribution in [2.75, 3.05) is 7.11 Å². The van der Waals surface area contributed by atoms with Gasteiger partial charge in [0.25, 0.3) is 0 Å². The van der Waals surface area contributed by atoms with Crippen LogP contribution in [0.2, 0.25) is 5.02 Å². The van der Waals surface area contributed by atoms with Crippen molar-refractivity contribution in [3.05, 3.63) is 71.5 Å². The van der Waals surface area contributed by atoms with Crippen LogP contribution in [0.25, 0.3) is 5.69 Å². The van der Waals surface area contributed by atoms with Crippen LogP contribution in [0.4, 0.5) is 0 Å². The lowest BCUT2D eigenvalue weighted by molar-refractivity contribution is -0.120. The van der Waals surface area contributed by atoms with Gasteiger partial charge >= 0.3 is 0 Å². The van der Waals surface area contributed by atoms with Crippen molar-refractivity contribution < 1.29 is 9.53 Å². The number of hydrogen-bond acceptors (Lipinski definition) is 4. The Hall–Kier alpha value is -2.44. The number of imidazole rings is 1. The van der Waals surface area contributed by atoms with E-state index in [0.717, 1.165) is 22.2 Å². The fourth-order valence-corrected chi connectivity index (χ4v) is 3.62. The third-order valence-corrected chi connectivity index (χ3v) is 5.45. The number of nitrogens with zero attached hydrogens (tertiary/aromatic N) is 2. The molecule has 1 heterocycles. The van der Waals surface area contributed by atoms with Crippen molar-refractivity contribution in [3.63, 3.8) is 0 Å². The van der Waals surface area contributed by atoms with E-state index in [1.807, 2.05) is 66.2 Å². The minimum atomic E-state index is -0.306. The lowest BCUT2D eigenvalue weighted by Gasteiger charge is -2.14. The molecule has 1 aromatic heterocycles. The third kappa shape index (κ3) is 4.84. The Labute approximate surface area is 167 Å². The second kappa shape index (κ2) is 8.97. The first-order chi connectivity index (χ1) is 13.1. The molecule has 1 atom stereocenters. The van der Waals surface area contributed by atoms with E-state index in [4.69, 9.17) is 16.3 Å². The predicted octanol–water partition coefficient (Wildman–Crippen LogP) is 4.33. The molecule has 1 N–H and O–H groups in total. The maximum atomic E-state index is 12.5. The molecule has 0 bridgehead atoms. The number of ether oxygens (including phenoxy) is 1. The highest BCUT2D eigenvalue weighted by Crippen LogP contribution is 2.26. The maximum absolute atomic E-state index is 12.5. The van der Waals surface area contributed by atoms with Gasteiger partial charge in [0.05, 0.1) is 18.0 Å². The number of carbonyl (C=O) groups is 1. The summed E-state index contributed by atoms with van der Waals surface area (Å²) in [5, 5.41) is 4.01. The molecule has 0 aliphatic carbocycles. The van der Waals surface area contributed by atoms with Gasteiger partial charge in [-0.15, -0.1) is 0 Å². The van der Waals surface area contributed by atoms with Gasteiger partial charge < -0.3 is 10.1 Å². The minimum absolute atomic E-state index is 0.0693. The number of amides is 1. The summed E-state index contributed by atoms with van der Waals surface area (Å²) in [6.07, 6.45) is 3.58. The van der Waals surface area contributed by atoms with E-state index < -0.39 is 0 Å². The molecule has 7 heteroatoms. The number of nitrogens with one attached hydrogen (secondary N) is 1. The second-order valence-corrected chi connectivity index (χ2v) is 7.57. The van der Waals surface area contributed by atoms with Crippen molar-refractivity contribution in [2.45, 2.75) is 23.9 Å². The summed E-state index contributed by atoms with van der Waals surface area (Å²) in [5.74, 6) is 0.697. The van der Waals surface area contributed by atoms with Gasteiger partial charge in [-0.3, -0.25) is 9.36 Å². The van der Waals surface area contributed by atoms with Crippen molar-refractivity contribution in [3.8, 4) is 11.4 Å². The van der Waals surface area contributed by atoms with Crippen LogP contribution >= 0.6 is 23.4 Å². The molecule has 5 nitrogen and oxygen atoms in total. The van der Waals surface area contributed by atoms with Gasteiger partial charge in [-0.25, -0.2) is 4.98 Å².